The first-order chi connectivity index (χ1) is 71.8. The molecule has 21 aromatic carbocycles. The molecule has 4 aromatic heterocycles. The van der Waals surface area contributed by atoms with Crippen LogP contribution < -0.4 is 0 Å². The summed E-state index contributed by atoms with van der Waals surface area (Å²) in [5, 5.41) is 29.1. The van der Waals surface area contributed by atoms with Crippen LogP contribution >= 0.6 is 0 Å². The number of hydrogen-bond acceptors (Lipinski definition) is 6. The highest BCUT2D eigenvalue weighted by Crippen LogP contribution is 2.63. The van der Waals surface area contributed by atoms with Crippen molar-refractivity contribution in [2.24, 2.45) is 0 Å². The molecule has 28 rings (SSSR count). The van der Waals surface area contributed by atoms with Crippen LogP contribution in [0.4, 0.5) is 0 Å². The first-order valence-corrected chi connectivity index (χ1v) is 49.4. The lowest BCUT2D eigenvalue weighted by molar-refractivity contribution is 0.769. The van der Waals surface area contributed by atoms with Gasteiger partial charge in [-0.15, -0.1) is 0 Å². The van der Waals surface area contributed by atoms with E-state index in [1.165, 1.54) is 122 Å². The molecular weight excluding hydrogens is 1750 g/mol. The largest absolute Gasteiger partial charge is 0.256 e. The third-order valence-corrected chi connectivity index (χ3v) is 30.1. The summed E-state index contributed by atoms with van der Waals surface area (Å²) in [6, 6.07) is 193. The van der Waals surface area contributed by atoms with Gasteiger partial charge in [0, 0.05) is 76.9 Å². The third-order valence-electron chi connectivity index (χ3n) is 30.1. The lowest BCUT2D eigenvalue weighted by Gasteiger charge is -2.34. The monoisotopic (exact) mass is 1840 g/mol. The van der Waals surface area contributed by atoms with Gasteiger partial charge in [-0.1, -0.05) is 455 Å². The molecule has 674 valence electrons. The quantitative estimate of drug-likeness (QED) is 0.107. The van der Waals surface area contributed by atoms with Gasteiger partial charge in [0.1, 0.15) is 0 Å². The van der Waals surface area contributed by atoms with Crippen LogP contribution in [-0.2, 0) is 16.2 Å². The Balaban J connectivity index is 0.000000111. The van der Waals surface area contributed by atoms with E-state index in [0.717, 1.165) is 122 Å². The van der Waals surface area contributed by atoms with E-state index in [2.05, 4.69) is 484 Å². The molecule has 0 aliphatic heterocycles. The summed E-state index contributed by atoms with van der Waals surface area (Å²) in [7, 11) is 0. The zero-order valence-electron chi connectivity index (χ0n) is 79.0. The lowest BCUT2D eigenvalue weighted by Crippen LogP contribution is -2.28. The fourth-order valence-electron chi connectivity index (χ4n) is 24.0. The summed E-state index contributed by atoms with van der Waals surface area (Å²) in [5.41, 5.74) is 40.7. The maximum Gasteiger partial charge on any atom is 0.0991 e. The Morgan fingerprint density at radius 3 is 0.738 bits per heavy atom. The van der Waals surface area contributed by atoms with Crippen LogP contribution in [0.15, 0.2) is 534 Å². The molecule has 25 aromatic rings. The average Bonchev–Trinajstić information content (AvgIpc) is 1.53. The standard InChI is InChI=1S/C51H32N2.C45H28N2.C43H28N2/c52-33-34-22-24-35(25-23-34)36-26-28-37(29-27-36)38-12-11-13-39(32-38)50-44-30-31-46-49(48(44)43-19-8-10-21-47(43)53-50)42-18-7-9-20-45(42)51(46,40-14-3-1-4-15-40)41-16-5-2-6-17-41;46-29-30-22-24-31(25-23-30)32-12-11-13-33(28-32)44-38-26-27-40-43(42(38)37-19-8-10-21-41(37)47-44)36-18-7-9-20-39(36)45(40,34-14-3-1-4-15-34)35-16-5-2-6-17-35;1-3-16-31(17-4-1)43(32-18-5-2-6-19-32)36-22-9-7-20-33(36)41-37(43)26-25-35-40(41)34-21-8-10-24-39(34)45-42(35)30-15-13-14-29(28-30)38-23-11-12-27-44-38/h1-32H;1-28H;1-28H. The highest BCUT2D eigenvalue weighted by atomic mass is 14.7. The number of aromatic nitrogens is 4. The van der Waals surface area contributed by atoms with Crippen molar-refractivity contribution < 1.29 is 0 Å². The van der Waals surface area contributed by atoms with Crippen molar-refractivity contribution in [3.8, 4) is 124 Å². The normalized spacial score (nSPS) is 12.8. The Kier molecular flexibility index (Phi) is 21.3. The van der Waals surface area contributed by atoms with E-state index in [0.29, 0.717) is 11.1 Å². The second-order valence-corrected chi connectivity index (χ2v) is 37.7. The van der Waals surface area contributed by atoms with Gasteiger partial charge in [0.2, 0.25) is 0 Å². The number of pyridine rings is 4. The van der Waals surface area contributed by atoms with Crippen molar-refractivity contribution in [2.75, 3.05) is 0 Å². The SMILES string of the molecule is N#Cc1ccc(-c2ccc(-c3cccc(-c4nc5ccccc5c5c6c(ccc45)C(c4ccccc4)(c4ccccc4)c4ccccc4-6)c3)cc2)cc1.N#Cc1ccc(-c2cccc(-c3nc4ccccc4c4c5c(ccc34)C(c3ccccc3)(c3ccccc3)c3ccccc3-5)c2)cc1.c1ccc(C2(c3ccccc3)c3ccccc3-c3c2ccc2c(-c4cccc(-c5ccccn5)c4)nc4ccccc4c32)cc1. The Morgan fingerprint density at radius 1 is 0.179 bits per heavy atom. The van der Waals surface area contributed by atoms with Crippen molar-refractivity contribution >= 4 is 65.0 Å². The van der Waals surface area contributed by atoms with Gasteiger partial charge in [-0.2, -0.15) is 10.5 Å². The number of nitrogens with zero attached hydrogens (tertiary/aromatic N) is 6. The van der Waals surface area contributed by atoms with Crippen molar-refractivity contribution in [3.63, 3.8) is 0 Å². The summed E-state index contributed by atoms with van der Waals surface area (Å²) < 4.78 is 0. The molecule has 6 heteroatoms. The summed E-state index contributed by atoms with van der Waals surface area (Å²) in [4.78, 5) is 20.7. The minimum atomic E-state index is -0.475. The number of benzene rings is 21. The van der Waals surface area contributed by atoms with Crippen LogP contribution in [-0.4, -0.2) is 19.9 Å². The van der Waals surface area contributed by atoms with E-state index in [1.807, 2.05) is 66.9 Å². The molecule has 6 nitrogen and oxygen atoms in total. The summed E-state index contributed by atoms with van der Waals surface area (Å²) in [5.74, 6) is 0. The molecule has 0 saturated heterocycles. The molecule has 145 heavy (non-hydrogen) atoms. The highest BCUT2D eigenvalue weighted by molar-refractivity contribution is 6.23. The molecule has 3 aliphatic carbocycles. The first kappa shape index (κ1) is 86.1. The lowest BCUT2D eigenvalue weighted by atomic mass is 9.67. The Bertz CT molecular complexity index is 9360. The van der Waals surface area contributed by atoms with Gasteiger partial charge in [-0.3, -0.25) is 4.98 Å². The number of fused-ring (bicyclic) bond motifs is 21. The number of nitriles is 2. The zero-order valence-corrected chi connectivity index (χ0v) is 79.0. The molecular formula is C139H88N6. The molecule has 4 heterocycles. The number of para-hydroxylation sites is 3. The second-order valence-electron chi connectivity index (χ2n) is 37.7. The Labute approximate surface area is 841 Å². The highest BCUT2D eigenvalue weighted by Gasteiger charge is 2.51. The van der Waals surface area contributed by atoms with E-state index >= 15 is 0 Å². The molecule has 0 saturated carbocycles. The first-order valence-electron chi connectivity index (χ1n) is 49.4. The van der Waals surface area contributed by atoms with Crippen LogP contribution in [0.3, 0.4) is 0 Å². The fraction of sp³-hybridized carbons (Fsp3) is 0.0216. The molecule has 0 N–H and O–H groups in total. The van der Waals surface area contributed by atoms with E-state index < -0.39 is 16.2 Å². The van der Waals surface area contributed by atoms with E-state index in [9.17, 15) is 10.5 Å². The van der Waals surface area contributed by atoms with Crippen molar-refractivity contribution in [2.45, 2.75) is 16.2 Å². The van der Waals surface area contributed by atoms with Gasteiger partial charge >= 0.3 is 0 Å². The number of rotatable bonds is 13. The zero-order chi connectivity index (χ0) is 96.5. The van der Waals surface area contributed by atoms with Crippen molar-refractivity contribution in [3.05, 3.63) is 612 Å². The van der Waals surface area contributed by atoms with Gasteiger partial charge < -0.3 is 0 Å². The summed E-state index contributed by atoms with van der Waals surface area (Å²) in [6.07, 6.45) is 1.85. The van der Waals surface area contributed by atoms with Gasteiger partial charge in [0.15, 0.2) is 0 Å². The van der Waals surface area contributed by atoms with Crippen molar-refractivity contribution in [1.82, 2.24) is 19.9 Å². The van der Waals surface area contributed by atoms with E-state index in [-0.39, 0.29) is 0 Å². The van der Waals surface area contributed by atoms with Gasteiger partial charge in [0.25, 0.3) is 0 Å². The van der Waals surface area contributed by atoms with Gasteiger partial charge in [-0.05, 0) is 206 Å². The Morgan fingerprint density at radius 2 is 0.434 bits per heavy atom. The molecule has 3 aliphatic rings. The predicted molar refractivity (Wildman–Crippen MR) is 595 cm³/mol. The van der Waals surface area contributed by atoms with Crippen LogP contribution in [0.1, 0.15) is 77.9 Å². The van der Waals surface area contributed by atoms with Crippen LogP contribution in [0.25, 0.3) is 177 Å². The minimum absolute atomic E-state index is 0.452. The summed E-state index contributed by atoms with van der Waals surface area (Å²) >= 11 is 0. The second kappa shape index (κ2) is 35.9. The molecule has 0 spiro atoms. The Hall–Kier alpha value is -19.2. The van der Waals surface area contributed by atoms with Crippen molar-refractivity contribution in [1.29, 1.82) is 10.5 Å². The number of hydrogen-bond donors (Lipinski definition) is 0. The fourth-order valence-corrected chi connectivity index (χ4v) is 24.0. The molecule has 0 atom stereocenters. The minimum Gasteiger partial charge on any atom is -0.256 e. The molecule has 0 amide bonds. The molecule has 0 unspecified atom stereocenters. The maximum absolute atomic E-state index is 9.31. The molecule has 0 radical (unpaired) electrons. The van der Waals surface area contributed by atoms with Crippen LogP contribution in [0, 0.1) is 22.7 Å². The van der Waals surface area contributed by atoms with Crippen LogP contribution in [0.5, 0.6) is 0 Å². The van der Waals surface area contributed by atoms with E-state index in [4.69, 9.17) is 15.0 Å². The van der Waals surface area contributed by atoms with Crippen LogP contribution in [0.2, 0.25) is 0 Å². The third kappa shape index (κ3) is 14.1. The topological polar surface area (TPSA) is 99.1 Å². The van der Waals surface area contributed by atoms with Gasteiger partial charge in [0.05, 0.1) is 78.8 Å². The molecule has 0 fully saturated rings. The maximum atomic E-state index is 9.31. The van der Waals surface area contributed by atoms with Gasteiger partial charge in [-0.25, -0.2) is 15.0 Å². The molecule has 0 bridgehead atoms. The smallest absolute Gasteiger partial charge is 0.0991 e. The average molecular weight is 1840 g/mol. The summed E-state index contributed by atoms with van der Waals surface area (Å²) in [6.45, 7) is 0. The van der Waals surface area contributed by atoms with E-state index in [1.54, 1.807) is 0 Å². The predicted octanol–water partition coefficient (Wildman–Crippen LogP) is 34.1.